The number of aromatic nitrogens is 3. The first kappa shape index (κ1) is 16.6. The molecule has 0 unspecified atom stereocenters. The molecule has 4 aromatic heterocycles. The smallest absolute Gasteiger partial charge is 0.271 e. The molecular formula is C22H14FN3O2S. The number of halogens is 1. The Bertz CT molecular complexity index is 1580. The minimum absolute atomic E-state index is 0.123. The van der Waals surface area contributed by atoms with Crippen LogP contribution in [0.25, 0.3) is 37.6 Å². The van der Waals surface area contributed by atoms with E-state index < -0.39 is 16.9 Å². The Kier molecular flexibility index (Phi) is 3.35. The Labute approximate surface area is 167 Å². The highest BCUT2D eigenvalue weighted by Gasteiger charge is 2.31. The fraction of sp³-hybridized carbons (Fsp3) is 0.136. The van der Waals surface area contributed by atoms with Crippen molar-refractivity contribution in [2.24, 2.45) is 0 Å². The molecule has 1 saturated carbocycles. The molecule has 6 rings (SSSR count). The number of hydrogen-bond donors (Lipinski definition) is 1. The predicted octanol–water partition coefficient (Wildman–Crippen LogP) is 4.43. The van der Waals surface area contributed by atoms with Gasteiger partial charge in [0.25, 0.3) is 11.1 Å². The second kappa shape index (κ2) is 5.84. The second-order valence-corrected chi connectivity index (χ2v) is 8.25. The predicted molar refractivity (Wildman–Crippen MR) is 112 cm³/mol. The molecular weight excluding hydrogens is 389 g/mol. The van der Waals surface area contributed by atoms with E-state index in [1.54, 1.807) is 12.3 Å². The number of fused-ring (bicyclic) bond motifs is 3. The lowest BCUT2D eigenvalue weighted by Crippen LogP contribution is -2.20. The van der Waals surface area contributed by atoms with E-state index in [9.17, 15) is 9.59 Å². The molecule has 1 N–H and O–H groups in total. The third-order valence-corrected chi connectivity index (χ3v) is 6.51. The van der Waals surface area contributed by atoms with E-state index in [0.29, 0.717) is 21.7 Å². The van der Waals surface area contributed by atoms with Crippen molar-refractivity contribution < 1.29 is 4.39 Å². The van der Waals surface area contributed by atoms with Crippen LogP contribution in [0, 0.1) is 5.82 Å². The van der Waals surface area contributed by atoms with E-state index in [2.05, 4.69) is 9.36 Å². The van der Waals surface area contributed by atoms with Crippen molar-refractivity contribution >= 4 is 38.0 Å². The Morgan fingerprint density at radius 1 is 1.17 bits per heavy atom. The summed E-state index contributed by atoms with van der Waals surface area (Å²) in [7, 11) is 0. The number of nitrogens with zero attached hydrogens (tertiary/aromatic N) is 2. The van der Waals surface area contributed by atoms with Gasteiger partial charge >= 0.3 is 0 Å². The maximum absolute atomic E-state index is 15.1. The van der Waals surface area contributed by atoms with Crippen molar-refractivity contribution in [1.82, 2.24) is 13.8 Å². The van der Waals surface area contributed by atoms with Crippen LogP contribution in [-0.2, 0) is 0 Å². The first-order chi connectivity index (χ1) is 14.1. The van der Waals surface area contributed by atoms with E-state index in [0.717, 1.165) is 34.9 Å². The van der Waals surface area contributed by atoms with Crippen LogP contribution in [0.3, 0.4) is 0 Å². The molecule has 0 radical (unpaired) electrons. The van der Waals surface area contributed by atoms with E-state index in [1.807, 2.05) is 30.3 Å². The van der Waals surface area contributed by atoms with Crippen LogP contribution < -0.4 is 11.1 Å². The van der Waals surface area contributed by atoms with Gasteiger partial charge in [-0.15, -0.1) is 0 Å². The van der Waals surface area contributed by atoms with Crippen LogP contribution in [0.1, 0.15) is 24.3 Å². The standard InChI is InChI=1S/C22H14FN3O2S/c23-15-10-26-17(9-14(15)12-5-6-16-13(8-12)2-1-7-24-16)18(11-3-4-11)20-19(22(26)28)21(27)25-29-20/h1-2,5-11H,3-4H2,(H,25,27). The summed E-state index contributed by atoms with van der Waals surface area (Å²) in [6.07, 6.45) is 4.94. The highest BCUT2D eigenvalue weighted by Crippen LogP contribution is 2.45. The molecule has 1 aromatic carbocycles. The number of benzene rings is 1. The van der Waals surface area contributed by atoms with Gasteiger partial charge in [0, 0.05) is 23.3 Å². The monoisotopic (exact) mass is 403 g/mol. The van der Waals surface area contributed by atoms with Gasteiger partial charge in [-0.2, -0.15) is 0 Å². The lowest BCUT2D eigenvalue weighted by atomic mass is 10.0. The number of hydrogen-bond acceptors (Lipinski definition) is 4. The molecule has 0 saturated heterocycles. The summed E-state index contributed by atoms with van der Waals surface area (Å²) in [6.45, 7) is 0. The molecule has 1 aliphatic carbocycles. The van der Waals surface area contributed by atoms with Crippen LogP contribution in [-0.4, -0.2) is 13.8 Å². The first-order valence-corrected chi connectivity index (χ1v) is 10.2. The highest BCUT2D eigenvalue weighted by atomic mass is 32.1. The largest absolute Gasteiger partial charge is 0.280 e. The van der Waals surface area contributed by atoms with E-state index in [4.69, 9.17) is 0 Å². The van der Waals surface area contributed by atoms with Gasteiger partial charge in [-0.05, 0) is 54.2 Å². The summed E-state index contributed by atoms with van der Waals surface area (Å²) in [5.74, 6) is -0.214. The molecule has 1 aliphatic rings. The average molecular weight is 403 g/mol. The molecule has 29 heavy (non-hydrogen) atoms. The van der Waals surface area contributed by atoms with Crippen molar-refractivity contribution in [3.05, 3.63) is 80.9 Å². The SMILES string of the molecule is O=c1[nH]sc2c(C3CC3)c3cc(-c4ccc5ncccc5c4)c(F)cn3c(=O)c12. The van der Waals surface area contributed by atoms with Crippen LogP contribution in [0.5, 0.6) is 0 Å². The number of rotatable bonds is 2. The fourth-order valence-corrected chi connectivity index (χ4v) is 5.02. The molecule has 0 atom stereocenters. The topological polar surface area (TPSA) is 67.2 Å². The van der Waals surface area contributed by atoms with E-state index in [1.165, 1.54) is 22.1 Å². The summed E-state index contributed by atoms with van der Waals surface area (Å²) >= 11 is 1.19. The number of aromatic amines is 1. The minimum atomic E-state index is -0.504. The first-order valence-electron chi connectivity index (χ1n) is 9.36. The van der Waals surface area contributed by atoms with Gasteiger partial charge in [0.05, 0.1) is 15.7 Å². The zero-order valence-corrected chi connectivity index (χ0v) is 15.9. The maximum Gasteiger partial charge on any atom is 0.271 e. The van der Waals surface area contributed by atoms with Gasteiger partial charge < -0.3 is 0 Å². The molecule has 5 aromatic rings. The van der Waals surface area contributed by atoms with Crippen molar-refractivity contribution in [2.75, 3.05) is 0 Å². The van der Waals surface area contributed by atoms with Crippen LogP contribution in [0.2, 0.25) is 0 Å². The van der Waals surface area contributed by atoms with Gasteiger partial charge in [0.2, 0.25) is 0 Å². The van der Waals surface area contributed by atoms with E-state index >= 15 is 4.39 Å². The Hall–Kier alpha value is -3.32. The Morgan fingerprint density at radius 3 is 2.86 bits per heavy atom. The van der Waals surface area contributed by atoms with Crippen LogP contribution in [0.15, 0.2) is 58.4 Å². The number of pyridine rings is 3. The fourth-order valence-electron chi connectivity index (χ4n) is 4.06. The maximum atomic E-state index is 15.1. The van der Waals surface area contributed by atoms with Gasteiger partial charge in [-0.1, -0.05) is 23.7 Å². The minimum Gasteiger partial charge on any atom is -0.280 e. The van der Waals surface area contributed by atoms with Gasteiger partial charge in [0.1, 0.15) is 11.2 Å². The van der Waals surface area contributed by atoms with Gasteiger partial charge in [-0.3, -0.25) is 23.3 Å². The summed E-state index contributed by atoms with van der Waals surface area (Å²) in [6, 6.07) is 11.1. The molecule has 0 aliphatic heterocycles. The van der Waals surface area contributed by atoms with Crippen LogP contribution in [0.4, 0.5) is 4.39 Å². The molecule has 4 heterocycles. The molecule has 142 valence electrons. The summed E-state index contributed by atoms with van der Waals surface area (Å²) < 4.78 is 19.8. The normalized spacial score (nSPS) is 14.2. The Morgan fingerprint density at radius 2 is 2.03 bits per heavy atom. The molecule has 7 heteroatoms. The van der Waals surface area contributed by atoms with Crippen molar-refractivity contribution in [2.45, 2.75) is 18.8 Å². The third kappa shape index (κ3) is 2.40. The summed E-state index contributed by atoms with van der Waals surface area (Å²) in [4.78, 5) is 29.4. The molecule has 5 nitrogen and oxygen atoms in total. The van der Waals surface area contributed by atoms with Crippen molar-refractivity contribution in [3.63, 3.8) is 0 Å². The molecule has 1 fully saturated rings. The molecule has 0 spiro atoms. The summed E-state index contributed by atoms with van der Waals surface area (Å²) in [5.41, 5.74) is 2.75. The zero-order valence-electron chi connectivity index (χ0n) is 15.1. The molecule has 0 bridgehead atoms. The van der Waals surface area contributed by atoms with Crippen molar-refractivity contribution in [3.8, 4) is 11.1 Å². The van der Waals surface area contributed by atoms with Crippen molar-refractivity contribution in [1.29, 1.82) is 0 Å². The lowest BCUT2D eigenvalue weighted by molar-refractivity contribution is 0.621. The number of nitrogens with one attached hydrogen (secondary N) is 1. The van der Waals surface area contributed by atoms with Crippen LogP contribution >= 0.6 is 11.5 Å². The van der Waals surface area contributed by atoms with E-state index in [-0.39, 0.29) is 5.39 Å². The summed E-state index contributed by atoms with van der Waals surface area (Å²) in [5, 5.41) is 1.04. The highest BCUT2D eigenvalue weighted by molar-refractivity contribution is 7.13. The Balaban J connectivity index is 1.71. The molecule has 0 amide bonds. The second-order valence-electron chi connectivity index (χ2n) is 7.43. The van der Waals surface area contributed by atoms with Gasteiger partial charge in [0.15, 0.2) is 0 Å². The van der Waals surface area contributed by atoms with Gasteiger partial charge in [-0.25, -0.2) is 4.39 Å². The quantitative estimate of drug-likeness (QED) is 0.474. The number of H-pyrrole nitrogens is 1. The zero-order chi connectivity index (χ0) is 19.7. The lowest BCUT2D eigenvalue weighted by Gasteiger charge is -2.12. The average Bonchev–Trinajstić information content (AvgIpc) is 3.50. The third-order valence-electron chi connectivity index (χ3n) is 5.59.